The Kier molecular flexibility index (Phi) is 4.41. The largest absolute Gasteiger partial charge is 0.378 e. The zero-order valence-electron chi connectivity index (χ0n) is 18.2. The van der Waals surface area contributed by atoms with Gasteiger partial charge in [-0.2, -0.15) is 9.97 Å². The Bertz CT molecular complexity index is 1320. The molecule has 6 rings (SSSR count). The van der Waals surface area contributed by atoms with Gasteiger partial charge in [-0.3, -0.25) is 4.57 Å². The molecule has 1 N–H and O–H groups in total. The zero-order valence-corrected chi connectivity index (χ0v) is 18.2. The molecule has 0 spiro atoms. The van der Waals surface area contributed by atoms with Gasteiger partial charge in [0, 0.05) is 39.6 Å². The molecule has 166 valence electrons. The molecular weight excluding hydrogens is 411 g/mol. The van der Waals surface area contributed by atoms with E-state index in [1.807, 2.05) is 35.9 Å². The molecule has 0 aliphatic carbocycles. The Morgan fingerprint density at radius 1 is 1.09 bits per heavy atom. The number of ether oxygens (including phenoxy) is 1. The first-order chi connectivity index (χ1) is 15.6. The van der Waals surface area contributed by atoms with Gasteiger partial charge in [0.05, 0.1) is 24.2 Å². The quantitative estimate of drug-likeness (QED) is 0.523. The predicted molar refractivity (Wildman–Crippen MR) is 119 cm³/mol. The van der Waals surface area contributed by atoms with Gasteiger partial charge in [-0.25, -0.2) is 14.4 Å². The second-order valence-corrected chi connectivity index (χ2v) is 8.39. The molecule has 0 atom stereocenters. The van der Waals surface area contributed by atoms with Gasteiger partial charge in [0.1, 0.15) is 5.82 Å². The van der Waals surface area contributed by atoms with Crippen LogP contribution in [0.1, 0.15) is 18.6 Å². The molecule has 2 fully saturated rings. The summed E-state index contributed by atoms with van der Waals surface area (Å²) in [5.41, 5.74) is 1.60. The first kappa shape index (κ1) is 19.6. The maximum absolute atomic E-state index is 15.4. The van der Waals surface area contributed by atoms with E-state index in [9.17, 15) is 0 Å². The lowest BCUT2D eigenvalue weighted by atomic mass is 9.99. The summed E-state index contributed by atoms with van der Waals surface area (Å²) in [5.74, 6) is 2.51. The summed E-state index contributed by atoms with van der Waals surface area (Å²) >= 11 is 0. The van der Waals surface area contributed by atoms with Crippen LogP contribution in [0.25, 0.3) is 28.1 Å². The van der Waals surface area contributed by atoms with Crippen LogP contribution in [0.2, 0.25) is 0 Å². The maximum Gasteiger partial charge on any atom is 0.239 e. The second-order valence-electron chi connectivity index (χ2n) is 8.39. The smallest absolute Gasteiger partial charge is 0.239 e. The number of alkyl halides is 1. The van der Waals surface area contributed by atoms with Gasteiger partial charge in [0.25, 0.3) is 0 Å². The van der Waals surface area contributed by atoms with E-state index >= 15 is 4.39 Å². The molecule has 1 aromatic carbocycles. The van der Waals surface area contributed by atoms with Crippen LogP contribution < -0.4 is 10.2 Å². The van der Waals surface area contributed by atoms with Crippen molar-refractivity contribution in [2.75, 3.05) is 44.3 Å². The number of benzene rings is 1. The summed E-state index contributed by atoms with van der Waals surface area (Å²) in [4.78, 5) is 21.5. The van der Waals surface area contributed by atoms with E-state index in [0.717, 1.165) is 23.3 Å². The number of nitrogens with zero attached hydrogens (tertiary/aromatic N) is 7. The molecule has 0 amide bonds. The highest BCUT2D eigenvalue weighted by Crippen LogP contribution is 2.34. The molecule has 0 radical (unpaired) electrons. The highest BCUT2D eigenvalue weighted by Gasteiger charge is 2.43. The number of aromatic nitrogens is 6. The molecule has 2 aliphatic rings. The van der Waals surface area contributed by atoms with Crippen molar-refractivity contribution in [3.05, 3.63) is 35.9 Å². The number of hydrogen-bond donors (Lipinski definition) is 1. The first-order valence-corrected chi connectivity index (χ1v) is 11.0. The van der Waals surface area contributed by atoms with Gasteiger partial charge in [0.2, 0.25) is 5.95 Å². The van der Waals surface area contributed by atoms with E-state index in [0.29, 0.717) is 55.1 Å². The Morgan fingerprint density at radius 2 is 1.88 bits per heavy atom. The molecule has 0 saturated carbocycles. The minimum Gasteiger partial charge on any atom is -0.378 e. The number of para-hydroxylation sites is 2. The van der Waals surface area contributed by atoms with Gasteiger partial charge in [-0.05, 0) is 12.1 Å². The van der Waals surface area contributed by atoms with E-state index in [1.165, 1.54) is 0 Å². The average molecular weight is 436 g/mol. The fraction of sp³-hybridized carbons (Fsp3) is 0.455. The van der Waals surface area contributed by atoms with E-state index in [2.05, 4.69) is 17.1 Å². The van der Waals surface area contributed by atoms with Gasteiger partial charge in [-0.15, -0.1) is 0 Å². The third kappa shape index (κ3) is 2.82. The number of fused-ring (bicyclic) bond motifs is 2. The van der Waals surface area contributed by atoms with Crippen molar-refractivity contribution in [1.29, 1.82) is 0 Å². The minimum atomic E-state index is -1.49. The molecule has 9 nitrogen and oxygen atoms in total. The third-order valence-corrected chi connectivity index (χ3v) is 6.36. The van der Waals surface area contributed by atoms with E-state index < -0.39 is 5.67 Å². The standard InChI is InChI=1S/C22H25FN8O/c1-3-16-25-14-6-4-5-7-15(14)31(16)21-27-18-17(19(28-21)30-8-10-32-11-9-30)26-20(29(18)2)22(23)12-24-13-22/h4-7,24H,3,8-13H2,1-2H3. The second kappa shape index (κ2) is 7.21. The van der Waals surface area contributed by atoms with E-state index in [-0.39, 0.29) is 13.1 Å². The van der Waals surface area contributed by atoms with Crippen molar-refractivity contribution >= 4 is 28.0 Å². The Labute approximate surface area is 184 Å². The molecular formula is C22H25FN8O. The summed E-state index contributed by atoms with van der Waals surface area (Å²) in [6, 6.07) is 7.98. The molecule has 2 aliphatic heterocycles. The molecule has 2 saturated heterocycles. The van der Waals surface area contributed by atoms with Crippen LogP contribution in [0.3, 0.4) is 0 Å². The van der Waals surface area contributed by atoms with Crippen molar-refractivity contribution in [2.24, 2.45) is 7.05 Å². The van der Waals surface area contributed by atoms with Crippen molar-refractivity contribution in [1.82, 2.24) is 34.4 Å². The number of anilines is 1. The topological polar surface area (TPSA) is 85.9 Å². The lowest BCUT2D eigenvalue weighted by molar-refractivity contribution is 0.0759. The van der Waals surface area contributed by atoms with Crippen molar-refractivity contribution in [2.45, 2.75) is 19.0 Å². The lowest BCUT2D eigenvalue weighted by Crippen LogP contribution is -2.54. The summed E-state index contributed by atoms with van der Waals surface area (Å²) in [7, 11) is 1.83. The molecule has 10 heteroatoms. The summed E-state index contributed by atoms with van der Waals surface area (Å²) in [5, 5.41) is 3.02. The number of halogens is 1. The fourth-order valence-electron chi connectivity index (χ4n) is 4.57. The first-order valence-electron chi connectivity index (χ1n) is 11.0. The van der Waals surface area contributed by atoms with E-state index in [4.69, 9.17) is 24.7 Å². The lowest BCUT2D eigenvalue weighted by Gasteiger charge is -2.33. The molecule has 5 heterocycles. The molecule has 0 bridgehead atoms. The van der Waals surface area contributed by atoms with Gasteiger partial charge in [0.15, 0.2) is 28.5 Å². The monoisotopic (exact) mass is 436 g/mol. The summed E-state index contributed by atoms with van der Waals surface area (Å²) in [6.45, 7) is 5.21. The number of aryl methyl sites for hydroxylation is 2. The molecule has 32 heavy (non-hydrogen) atoms. The van der Waals surface area contributed by atoms with Gasteiger partial charge >= 0.3 is 0 Å². The Balaban J connectivity index is 1.62. The van der Waals surface area contributed by atoms with Gasteiger partial charge < -0.3 is 19.5 Å². The van der Waals surface area contributed by atoms with Crippen molar-refractivity contribution in [3.63, 3.8) is 0 Å². The molecule has 0 unspecified atom stereocenters. The van der Waals surface area contributed by atoms with Crippen LogP contribution in [-0.4, -0.2) is 68.5 Å². The average Bonchev–Trinajstić information content (AvgIpc) is 3.35. The highest BCUT2D eigenvalue weighted by atomic mass is 19.1. The predicted octanol–water partition coefficient (Wildman–Crippen LogP) is 1.87. The number of morpholine rings is 1. The zero-order chi connectivity index (χ0) is 21.9. The Hall–Kier alpha value is -3.11. The SMILES string of the molecule is CCc1nc2ccccc2n1-c1nc(N2CCOCC2)c2nc(C3(F)CNC3)n(C)c2n1. The fourth-order valence-corrected chi connectivity index (χ4v) is 4.57. The summed E-state index contributed by atoms with van der Waals surface area (Å²) in [6.07, 6.45) is 0.735. The van der Waals surface area contributed by atoms with Crippen LogP contribution in [0, 0.1) is 0 Å². The minimum absolute atomic E-state index is 0.253. The molecule has 4 aromatic rings. The van der Waals surface area contributed by atoms with Crippen LogP contribution in [-0.2, 0) is 23.9 Å². The highest BCUT2D eigenvalue weighted by molar-refractivity contribution is 5.86. The number of rotatable bonds is 4. The number of nitrogens with one attached hydrogen (secondary N) is 1. The number of imidazole rings is 2. The third-order valence-electron chi connectivity index (χ3n) is 6.36. The summed E-state index contributed by atoms with van der Waals surface area (Å²) < 4.78 is 24.7. The Morgan fingerprint density at radius 3 is 2.59 bits per heavy atom. The number of hydrogen-bond acceptors (Lipinski definition) is 7. The van der Waals surface area contributed by atoms with E-state index in [1.54, 1.807) is 4.57 Å². The van der Waals surface area contributed by atoms with Crippen LogP contribution in [0.4, 0.5) is 10.2 Å². The normalized spacial score (nSPS) is 18.4. The van der Waals surface area contributed by atoms with Crippen molar-refractivity contribution in [3.8, 4) is 5.95 Å². The maximum atomic E-state index is 15.4. The van der Waals surface area contributed by atoms with Gasteiger partial charge in [-0.1, -0.05) is 19.1 Å². The molecule has 3 aromatic heterocycles. The van der Waals surface area contributed by atoms with Crippen LogP contribution >= 0.6 is 0 Å². The van der Waals surface area contributed by atoms with Crippen LogP contribution in [0.5, 0.6) is 0 Å². The van der Waals surface area contributed by atoms with Crippen LogP contribution in [0.15, 0.2) is 24.3 Å². The van der Waals surface area contributed by atoms with Crippen molar-refractivity contribution < 1.29 is 9.13 Å².